The van der Waals surface area contributed by atoms with Gasteiger partial charge < -0.3 is 9.80 Å². The number of likely N-dealkylation sites (N-methyl/N-ethyl adjacent to an activating group) is 1. The molecule has 2 aromatic heterocycles. The highest BCUT2D eigenvalue weighted by Crippen LogP contribution is 2.25. The van der Waals surface area contributed by atoms with Crippen LogP contribution in [-0.4, -0.2) is 61.3 Å². The minimum atomic E-state index is -3.49. The maximum absolute atomic E-state index is 12.9. The molecule has 7 heteroatoms. The maximum atomic E-state index is 12.9. The van der Waals surface area contributed by atoms with E-state index >= 15 is 0 Å². The molecule has 1 saturated heterocycles. The van der Waals surface area contributed by atoms with Crippen LogP contribution in [0.25, 0.3) is 17.0 Å². The molecule has 3 heterocycles. The van der Waals surface area contributed by atoms with Crippen molar-refractivity contribution < 1.29 is 8.42 Å². The smallest absolute Gasteiger partial charge is 0.242 e. The van der Waals surface area contributed by atoms with Gasteiger partial charge in [0.05, 0.1) is 11.3 Å². The zero-order chi connectivity index (χ0) is 19.6. The predicted molar refractivity (Wildman–Crippen MR) is 114 cm³/mol. The first-order valence-electron chi connectivity index (χ1n) is 9.37. The first-order chi connectivity index (χ1) is 13.5. The summed E-state index contributed by atoms with van der Waals surface area (Å²) >= 11 is 0. The van der Waals surface area contributed by atoms with Crippen LogP contribution in [0.2, 0.25) is 0 Å². The van der Waals surface area contributed by atoms with Gasteiger partial charge >= 0.3 is 0 Å². The number of piperazine rings is 1. The van der Waals surface area contributed by atoms with Crippen molar-refractivity contribution in [2.45, 2.75) is 0 Å². The molecule has 1 fully saturated rings. The van der Waals surface area contributed by atoms with Gasteiger partial charge in [0.25, 0.3) is 0 Å². The molecule has 0 spiro atoms. The van der Waals surface area contributed by atoms with Crippen molar-refractivity contribution in [1.29, 1.82) is 0 Å². The van der Waals surface area contributed by atoms with Crippen molar-refractivity contribution in [2.24, 2.45) is 0 Å². The summed E-state index contributed by atoms with van der Waals surface area (Å²) in [5.41, 5.74) is 2.68. The second-order valence-corrected chi connectivity index (χ2v) is 9.00. The Hall–Kier alpha value is -2.64. The molecule has 4 rings (SSSR count). The van der Waals surface area contributed by atoms with E-state index in [0.717, 1.165) is 48.3 Å². The molecule has 1 aliphatic heterocycles. The van der Waals surface area contributed by atoms with Crippen LogP contribution in [0.3, 0.4) is 0 Å². The van der Waals surface area contributed by atoms with Crippen molar-refractivity contribution in [3.8, 4) is 0 Å². The van der Waals surface area contributed by atoms with E-state index in [0.29, 0.717) is 0 Å². The van der Waals surface area contributed by atoms with Crippen LogP contribution in [0.5, 0.6) is 0 Å². The van der Waals surface area contributed by atoms with Gasteiger partial charge in [-0.25, -0.2) is 12.4 Å². The summed E-state index contributed by atoms with van der Waals surface area (Å²) in [6, 6.07) is 11.6. The molecule has 0 amide bonds. The van der Waals surface area contributed by atoms with E-state index in [2.05, 4.69) is 27.9 Å². The lowest BCUT2D eigenvalue weighted by Crippen LogP contribution is -2.44. The summed E-state index contributed by atoms with van der Waals surface area (Å²) in [5.74, 6) is -0.0651. The lowest BCUT2D eigenvalue weighted by atomic mass is 10.2. The van der Waals surface area contributed by atoms with Gasteiger partial charge in [-0.2, -0.15) is 0 Å². The zero-order valence-corrected chi connectivity index (χ0v) is 16.7. The molecule has 0 aliphatic carbocycles. The Labute approximate surface area is 165 Å². The van der Waals surface area contributed by atoms with E-state index in [1.165, 1.54) is 3.97 Å². The first-order valence-corrected chi connectivity index (χ1v) is 11.0. The van der Waals surface area contributed by atoms with E-state index < -0.39 is 10.0 Å². The fourth-order valence-electron chi connectivity index (χ4n) is 3.46. The van der Waals surface area contributed by atoms with Gasteiger partial charge in [-0.1, -0.05) is 24.3 Å². The zero-order valence-electron chi connectivity index (χ0n) is 15.9. The molecule has 0 N–H and O–H groups in total. The molecule has 1 aliphatic rings. The Kier molecular flexibility index (Phi) is 5.19. The Balaban J connectivity index is 1.59. The van der Waals surface area contributed by atoms with Crippen molar-refractivity contribution in [1.82, 2.24) is 13.9 Å². The minimum Gasteiger partial charge on any atom is -0.369 e. The summed E-state index contributed by atoms with van der Waals surface area (Å²) in [5, 5.41) is 0.928. The number of pyridine rings is 1. The summed E-state index contributed by atoms with van der Waals surface area (Å²) in [6.45, 7) is 3.92. The van der Waals surface area contributed by atoms with Gasteiger partial charge in [0.2, 0.25) is 10.0 Å². The number of benzene rings is 1. The van der Waals surface area contributed by atoms with Crippen LogP contribution in [0.1, 0.15) is 5.56 Å². The predicted octanol–water partition coefficient (Wildman–Crippen LogP) is 2.68. The Morgan fingerprint density at radius 1 is 1.11 bits per heavy atom. The number of nitrogens with zero attached hydrogens (tertiary/aromatic N) is 4. The van der Waals surface area contributed by atoms with E-state index in [1.54, 1.807) is 30.7 Å². The molecule has 28 heavy (non-hydrogen) atoms. The molecule has 146 valence electrons. The number of fused-ring (bicyclic) bond motifs is 1. The van der Waals surface area contributed by atoms with Crippen molar-refractivity contribution >= 4 is 32.7 Å². The molecule has 3 aromatic rings. The third-order valence-electron chi connectivity index (χ3n) is 5.11. The largest absolute Gasteiger partial charge is 0.369 e. The Morgan fingerprint density at radius 3 is 2.68 bits per heavy atom. The van der Waals surface area contributed by atoms with Gasteiger partial charge in [-0.15, -0.1) is 0 Å². The van der Waals surface area contributed by atoms with E-state index in [9.17, 15) is 8.42 Å². The SMILES string of the molecule is CN1CCN(c2ccc3ccn(S(=O)(=O)CC=Cc4cccnc4)c3c2)CC1. The summed E-state index contributed by atoms with van der Waals surface area (Å²) in [4.78, 5) is 8.65. The molecular weight excluding hydrogens is 372 g/mol. The standard InChI is InChI=1S/C21H24N4O2S/c1-23-11-13-24(14-12-23)20-7-6-19-8-10-25(21(19)16-20)28(26,27)15-3-5-18-4-2-9-22-17-18/h2-10,16-17H,11-15H2,1H3. The van der Waals surface area contributed by atoms with Gasteiger partial charge in [-0.3, -0.25) is 4.98 Å². The number of hydrogen-bond donors (Lipinski definition) is 0. The maximum Gasteiger partial charge on any atom is 0.242 e. The summed E-state index contributed by atoms with van der Waals surface area (Å²) < 4.78 is 27.2. The molecule has 0 bridgehead atoms. The third-order valence-corrected chi connectivity index (χ3v) is 6.64. The summed E-state index contributed by atoms with van der Waals surface area (Å²) in [6.07, 6.45) is 8.49. The molecule has 0 radical (unpaired) electrons. The van der Waals surface area contributed by atoms with Gasteiger partial charge in [0.1, 0.15) is 0 Å². The van der Waals surface area contributed by atoms with Crippen LogP contribution in [0.4, 0.5) is 5.69 Å². The first kappa shape index (κ1) is 18.7. The second kappa shape index (κ2) is 7.77. The summed E-state index contributed by atoms with van der Waals surface area (Å²) in [7, 11) is -1.36. The molecule has 6 nitrogen and oxygen atoms in total. The lowest BCUT2D eigenvalue weighted by molar-refractivity contribution is 0.313. The van der Waals surface area contributed by atoms with E-state index in [-0.39, 0.29) is 5.75 Å². The van der Waals surface area contributed by atoms with E-state index in [1.807, 2.05) is 30.3 Å². The average Bonchev–Trinajstić information content (AvgIpc) is 3.13. The fourth-order valence-corrected chi connectivity index (χ4v) is 4.66. The van der Waals surface area contributed by atoms with Crippen LogP contribution < -0.4 is 4.90 Å². The van der Waals surface area contributed by atoms with Crippen molar-refractivity contribution in [3.63, 3.8) is 0 Å². The number of aromatic nitrogens is 2. The molecule has 0 atom stereocenters. The number of anilines is 1. The average molecular weight is 397 g/mol. The van der Waals surface area contributed by atoms with Crippen molar-refractivity contribution in [3.05, 3.63) is 66.6 Å². The number of hydrogen-bond acceptors (Lipinski definition) is 5. The second-order valence-electron chi connectivity index (χ2n) is 7.11. The van der Waals surface area contributed by atoms with Crippen LogP contribution in [0.15, 0.2) is 61.1 Å². The normalized spacial score (nSPS) is 16.2. The van der Waals surface area contributed by atoms with Gasteiger partial charge in [0.15, 0.2) is 0 Å². The molecular formula is C21H24N4O2S. The minimum absolute atomic E-state index is 0.0651. The lowest BCUT2D eigenvalue weighted by Gasteiger charge is -2.34. The van der Waals surface area contributed by atoms with Crippen molar-refractivity contribution in [2.75, 3.05) is 43.9 Å². The fraction of sp³-hybridized carbons (Fsp3) is 0.286. The molecule has 0 saturated carbocycles. The monoisotopic (exact) mass is 396 g/mol. The highest BCUT2D eigenvalue weighted by Gasteiger charge is 2.18. The molecule has 1 aromatic carbocycles. The highest BCUT2D eigenvalue weighted by molar-refractivity contribution is 7.90. The quantitative estimate of drug-likeness (QED) is 0.664. The van der Waals surface area contributed by atoms with Crippen LogP contribution in [-0.2, 0) is 10.0 Å². The molecule has 0 unspecified atom stereocenters. The Morgan fingerprint density at radius 2 is 1.93 bits per heavy atom. The van der Waals surface area contributed by atoms with Crippen LogP contribution >= 0.6 is 0 Å². The highest BCUT2D eigenvalue weighted by atomic mass is 32.2. The third kappa shape index (κ3) is 3.95. The van der Waals surface area contributed by atoms with Gasteiger partial charge in [0, 0.05) is 55.8 Å². The van der Waals surface area contributed by atoms with Gasteiger partial charge in [-0.05, 0) is 36.9 Å². The van der Waals surface area contributed by atoms with Crippen LogP contribution in [0, 0.1) is 0 Å². The Bertz CT molecular complexity index is 1080. The topological polar surface area (TPSA) is 58.4 Å². The number of rotatable bonds is 5. The van der Waals surface area contributed by atoms with E-state index in [4.69, 9.17) is 0 Å².